The third-order valence-corrected chi connectivity index (χ3v) is 7.67. The Morgan fingerprint density at radius 3 is 2.94 bits per heavy atom. The number of carbonyl (C=O) groups excluding carboxylic acids is 2. The van der Waals surface area contributed by atoms with E-state index in [0.29, 0.717) is 13.2 Å². The zero-order valence-corrected chi connectivity index (χ0v) is 19.4. The molecule has 2 aromatic rings. The molecule has 0 spiro atoms. The van der Waals surface area contributed by atoms with Crippen LogP contribution in [-0.4, -0.2) is 53.4 Å². The number of likely N-dealkylation sites (tertiary alicyclic amines) is 1. The number of aliphatic hydroxyl groups is 1. The Labute approximate surface area is 197 Å². The molecule has 5 rings (SSSR count). The lowest BCUT2D eigenvalue weighted by molar-refractivity contribution is -0.146. The highest BCUT2D eigenvalue weighted by molar-refractivity contribution is 7.98. The minimum absolute atomic E-state index is 0.00377. The third-order valence-electron chi connectivity index (χ3n) is 6.86. The van der Waals surface area contributed by atoms with Gasteiger partial charge in [-0.15, -0.1) is 11.8 Å². The number of carbonyl (C=O) groups is 2. The predicted octanol–water partition coefficient (Wildman–Crippen LogP) is 3.00. The fourth-order valence-electron chi connectivity index (χ4n) is 5.14. The summed E-state index contributed by atoms with van der Waals surface area (Å²) in [5, 5.41) is 16.2. The van der Waals surface area contributed by atoms with E-state index in [-0.39, 0.29) is 24.7 Å². The normalized spacial score (nSPS) is 25.8. The first-order valence-corrected chi connectivity index (χ1v) is 12.7. The summed E-state index contributed by atoms with van der Waals surface area (Å²) in [5.41, 5.74) is 4.01. The van der Waals surface area contributed by atoms with Crippen molar-refractivity contribution in [3.05, 3.63) is 59.2 Å². The first-order valence-electron chi connectivity index (χ1n) is 11.5. The van der Waals surface area contributed by atoms with Gasteiger partial charge >= 0.3 is 11.8 Å². The largest absolute Gasteiger partial charge is 0.389 e. The van der Waals surface area contributed by atoms with E-state index in [1.54, 1.807) is 16.7 Å². The van der Waals surface area contributed by atoms with Crippen LogP contribution < -0.4 is 10.6 Å². The second-order valence-corrected chi connectivity index (χ2v) is 9.73. The van der Waals surface area contributed by atoms with Crippen molar-refractivity contribution >= 4 is 29.3 Å². The molecule has 7 nitrogen and oxygen atoms in total. The summed E-state index contributed by atoms with van der Waals surface area (Å²) in [6, 6.07) is 13.9. The fourth-order valence-corrected chi connectivity index (χ4v) is 5.80. The Bertz CT molecular complexity index is 1060. The Morgan fingerprint density at radius 1 is 1.24 bits per heavy atom. The Hall–Kier alpha value is -2.55. The highest BCUT2D eigenvalue weighted by Crippen LogP contribution is 2.40. The highest BCUT2D eigenvalue weighted by Gasteiger charge is 2.37. The number of rotatable bonds is 4. The van der Waals surface area contributed by atoms with Crippen molar-refractivity contribution in [1.29, 1.82) is 0 Å². The van der Waals surface area contributed by atoms with Crippen molar-refractivity contribution in [3.63, 3.8) is 0 Å². The van der Waals surface area contributed by atoms with Crippen LogP contribution in [0.2, 0.25) is 0 Å². The van der Waals surface area contributed by atoms with Gasteiger partial charge in [-0.25, -0.2) is 0 Å². The highest BCUT2D eigenvalue weighted by atomic mass is 32.2. The average Bonchev–Trinajstić information content (AvgIpc) is 3.34. The van der Waals surface area contributed by atoms with Gasteiger partial charge in [-0.1, -0.05) is 24.3 Å². The van der Waals surface area contributed by atoms with E-state index in [4.69, 9.17) is 4.74 Å². The van der Waals surface area contributed by atoms with Crippen LogP contribution in [0.1, 0.15) is 48.1 Å². The van der Waals surface area contributed by atoms with Crippen LogP contribution in [0.4, 0.5) is 5.69 Å². The van der Waals surface area contributed by atoms with Gasteiger partial charge in [-0.2, -0.15) is 0 Å². The molecule has 3 aliphatic rings. The molecule has 4 atom stereocenters. The lowest BCUT2D eigenvalue weighted by Gasteiger charge is -2.40. The number of ether oxygens (including phenoxy) is 1. The molecule has 2 bridgehead atoms. The maximum absolute atomic E-state index is 13.0. The lowest BCUT2D eigenvalue weighted by Crippen LogP contribution is -2.46. The van der Waals surface area contributed by atoms with E-state index in [1.165, 1.54) is 0 Å². The maximum Gasteiger partial charge on any atom is 0.312 e. The molecule has 2 aromatic carbocycles. The topological polar surface area (TPSA) is 90.9 Å². The van der Waals surface area contributed by atoms with Gasteiger partial charge in [0.05, 0.1) is 30.9 Å². The van der Waals surface area contributed by atoms with Crippen LogP contribution in [0.25, 0.3) is 0 Å². The SMILES string of the molecule is CSc1ccccc1[C@@H]1CCCN1C(=O)C(=O)NCc1ccc2c(c1)[C@H]1C[C@@H](N2)[C@H](O)CO1. The molecular weight excluding hydrogens is 438 g/mol. The Kier molecular flexibility index (Phi) is 6.32. The Morgan fingerprint density at radius 2 is 2.09 bits per heavy atom. The molecule has 0 unspecified atom stereocenters. The van der Waals surface area contributed by atoms with Crippen molar-refractivity contribution in [2.24, 2.45) is 0 Å². The van der Waals surface area contributed by atoms with Gasteiger partial charge in [0.1, 0.15) is 0 Å². The molecule has 2 fully saturated rings. The number of hydrogen-bond donors (Lipinski definition) is 3. The number of fused-ring (bicyclic) bond motifs is 4. The van der Waals surface area contributed by atoms with Gasteiger partial charge in [0, 0.05) is 35.7 Å². The van der Waals surface area contributed by atoms with Crippen LogP contribution in [0.5, 0.6) is 0 Å². The maximum atomic E-state index is 13.0. The molecule has 0 aromatic heterocycles. The van der Waals surface area contributed by atoms with Crippen molar-refractivity contribution in [2.45, 2.75) is 55.0 Å². The molecule has 2 amide bonds. The molecule has 33 heavy (non-hydrogen) atoms. The van der Waals surface area contributed by atoms with E-state index >= 15 is 0 Å². The molecule has 3 N–H and O–H groups in total. The third kappa shape index (κ3) is 4.35. The lowest BCUT2D eigenvalue weighted by atomic mass is 9.89. The van der Waals surface area contributed by atoms with Gasteiger partial charge in [-0.05, 0) is 48.4 Å². The predicted molar refractivity (Wildman–Crippen MR) is 127 cm³/mol. The molecule has 3 aliphatic heterocycles. The van der Waals surface area contributed by atoms with Crippen molar-refractivity contribution in [1.82, 2.24) is 10.2 Å². The zero-order chi connectivity index (χ0) is 22.9. The molecule has 3 heterocycles. The van der Waals surface area contributed by atoms with Crippen molar-refractivity contribution in [3.8, 4) is 0 Å². The number of amides is 2. The average molecular weight is 468 g/mol. The number of thioether (sulfide) groups is 1. The minimum Gasteiger partial charge on any atom is -0.389 e. The van der Waals surface area contributed by atoms with Crippen LogP contribution >= 0.6 is 11.8 Å². The number of hydrogen-bond acceptors (Lipinski definition) is 6. The van der Waals surface area contributed by atoms with Gasteiger partial charge in [0.25, 0.3) is 0 Å². The molecule has 0 aliphatic carbocycles. The number of nitrogens with zero attached hydrogens (tertiary/aromatic N) is 1. The first kappa shape index (κ1) is 22.3. The fraction of sp³-hybridized carbons (Fsp3) is 0.440. The van der Waals surface area contributed by atoms with E-state index in [9.17, 15) is 14.7 Å². The smallest absolute Gasteiger partial charge is 0.312 e. The number of benzene rings is 2. The number of nitrogens with one attached hydrogen (secondary N) is 2. The molecule has 8 heteroatoms. The van der Waals surface area contributed by atoms with Crippen molar-refractivity contribution in [2.75, 3.05) is 24.7 Å². The van der Waals surface area contributed by atoms with Gasteiger partial charge in [-0.3, -0.25) is 9.59 Å². The summed E-state index contributed by atoms with van der Waals surface area (Å²) >= 11 is 1.66. The number of anilines is 1. The van der Waals surface area contributed by atoms with Crippen LogP contribution in [0.15, 0.2) is 47.4 Å². The monoisotopic (exact) mass is 467 g/mol. The summed E-state index contributed by atoms with van der Waals surface area (Å²) in [4.78, 5) is 28.6. The van der Waals surface area contributed by atoms with E-state index in [2.05, 4.69) is 22.8 Å². The summed E-state index contributed by atoms with van der Waals surface area (Å²) in [5.74, 6) is -1.04. The van der Waals surface area contributed by atoms with E-state index < -0.39 is 17.9 Å². The molecular formula is C25H29N3O4S. The van der Waals surface area contributed by atoms with E-state index in [0.717, 1.165) is 46.5 Å². The summed E-state index contributed by atoms with van der Waals surface area (Å²) in [7, 11) is 0. The first-order chi connectivity index (χ1) is 16.0. The van der Waals surface area contributed by atoms with E-state index in [1.807, 2.05) is 36.6 Å². The quantitative estimate of drug-likeness (QED) is 0.473. The standard InChI is InChI=1S/C25H29N3O4S/c1-33-23-7-3-2-5-16(23)20-6-4-10-28(20)25(31)24(30)26-13-15-8-9-18-17(11-15)22-12-19(27-18)21(29)14-32-22/h2-3,5,7-9,11,19-22,27,29H,4,6,10,12-14H2,1H3,(H,26,30)/t19-,20+,21-,22-/m1/s1. The Balaban J connectivity index is 1.25. The van der Waals surface area contributed by atoms with Crippen LogP contribution in [0, 0.1) is 0 Å². The van der Waals surface area contributed by atoms with Gasteiger partial charge in [0.2, 0.25) is 0 Å². The second kappa shape index (κ2) is 9.37. The van der Waals surface area contributed by atoms with Gasteiger partial charge in [0.15, 0.2) is 0 Å². The summed E-state index contributed by atoms with van der Waals surface area (Å²) in [6.07, 6.45) is 3.94. The number of aliphatic hydroxyl groups excluding tert-OH is 1. The minimum atomic E-state index is -0.573. The second-order valence-electron chi connectivity index (χ2n) is 8.88. The molecule has 2 saturated heterocycles. The van der Waals surface area contributed by atoms with Crippen LogP contribution in [-0.2, 0) is 20.9 Å². The molecule has 174 valence electrons. The summed E-state index contributed by atoms with van der Waals surface area (Å²) < 4.78 is 5.81. The zero-order valence-electron chi connectivity index (χ0n) is 18.6. The molecule has 0 radical (unpaired) electrons. The molecule has 0 saturated carbocycles. The van der Waals surface area contributed by atoms with Crippen molar-refractivity contribution < 1.29 is 19.4 Å². The summed E-state index contributed by atoms with van der Waals surface area (Å²) in [6.45, 7) is 1.18. The van der Waals surface area contributed by atoms with Crippen LogP contribution in [0.3, 0.4) is 0 Å². The van der Waals surface area contributed by atoms with Gasteiger partial charge < -0.3 is 25.4 Å².